The summed E-state index contributed by atoms with van der Waals surface area (Å²) in [6, 6.07) is 0. The second-order valence-electron chi connectivity index (χ2n) is 3.65. The van der Waals surface area contributed by atoms with E-state index in [1.165, 1.54) is 17.2 Å². The van der Waals surface area contributed by atoms with Crippen LogP contribution in [0.25, 0.3) is 0 Å². The molecule has 1 amide bonds. The van der Waals surface area contributed by atoms with Crippen molar-refractivity contribution in [2.45, 2.75) is 20.4 Å². The van der Waals surface area contributed by atoms with Gasteiger partial charge in [-0.15, -0.1) is 0 Å². The first-order chi connectivity index (χ1) is 9.02. The summed E-state index contributed by atoms with van der Waals surface area (Å²) in [4.78, 5) is 31.7. The minimum Gasteiger partial charge on any atom is -0.266 e. The third-order valence-corrected chi connectivity index (χ3v) is 2.91. The van der Waals surface area contributed by atoms with Crippen molar-refractivity contribution in [3.05, 3.63) is 39.0 Å². The molecule has 2 heterocycles. The van der Waals surface area contributed by atoms with E-state index in [0.717, 1.165) is 4.68 Å². The van der Waals surface area contributed by atoms with Crippen LogP contribution in [0.1, 0.15) is 23.2 Å². The quantitative estimate of drug-likeness (QED) is 0.875. The molecule has 0 atom stereocenters. The zero-order chi connectivity index (χ0) is 14.0. The van der Waals surface area contributed by atoms with Gasteiger partial charge in [-0.25, -0.2) is 19.4 Å². The average molecular weight is 327 g/mol. The molecule has 100 valence electrons. The Morgan fingerprint density at radius 1 is 1.53 bits per heavy atom. The van der Waals surface area contributed by atoms with E-state index in [0.29, 0.717) is 16.8 Å². The van der Waals surface area contributed by atoms with Crippen LogP contribution in [-0.2, 0) is 6.54 Å². The highest BCUT2D eigenvalue weighted by Crippen LogP contribution is 2.12. The monoisotopic (exact) mass is 326 g/mol. The number of aromatic nitrogens is 5. The number of aryl methyl sites for hydroxylation is 2. The lowest BCUT2D eigenvalue weighted by atomic mass is 10.4. The number of hydrogen-bond donors (Lipinski definition) is 1. The van der Waals surface area contributed by atoms with Crippen molar-refractivity contribution in [2.24, 2.45) is 0 Å². The zero-order valence-electron chi connectivity index (χ0n) is 10.3. The zero-order valence-corrected chi connectivity index (χ0v) is 11.9. The van der Waals surface area contributed by atoms with Crippen LogP contribution in [-0.4, -0.2) is 30.3 Å². The predicted molar refractivity (Wildman–Crippen MR) is 70.3 cm³/mol. The van der Waals surface area contributed by atoms with Crippen molar-refractivity contribution >= 4 is 21.8 Å². The molecule has 0 aromatic carbocycles. The topological polar surface area (TPSA) is 94.7 Å². The lowest BCUT2D eigenvalue weighted by molar-refractivity contribution is 0.100. The summed E-state index contributed by atoms with van der Waals surface area (Å²) < 4.78 is 2.68. The maximum atomic E-state index is 12.0. The summed E-state index contributed by atoms with van der Waals surface area (Å²) in [6.45, 7) is 3.88. The summed E-state index contributed by atoms with van der Waals surface area (Å²) in [7, 11) is 0. The number of nitrogens with zero attached hydrogens (tertiary/aromatic N) is 5. The first kappa shape index (κ1) is 13.4. The number of rotatable bonds is 3. The Morgan fingerprint density at radius 2 is 2.26 bits per heavy atom. The Bertz CT molecular complexity index is 677. The number of hydrogen-bond acceptors (Lipinski definition) is 5. The van der Waals surface area contributed by atoms with Gasteiger partial charge in [0.1, 0.15) is 17.8 Å². The third-order valence-electron chi connectivity index (χ3n) is 2.33. The Kier molecular flexibility index (Phi) is 3.74. The van der Waals surface area contributed by atoms with Gasteiger partial charge in [-0.2, -0.15) is 9.77 Å². The highest BCUT2D eigenvalue weighted by Gasteiger charge is 2.14. The Hall–Kier alpha value is -2.03. The van der Waals surface area contributed by atoms with Gasteiger partial charge in [0.05, 0.1) is 4.47 Å². The minimum atomic E-state index is -0.518. The van der Waals surface area contributed by atoms with E-state index in [9.17, 15) is 9.59 Å². The molecule has 2 rings (SSSR count). The fraction of sp³-hybridized carbons (Fsp3) is 0.300. The van der Waals surface area contributed by atoms with Gasteiger partial charge in [-0.3, -0.25) is 10.2 Å². The highest BCUT2D eigenvalue weighted by atomic mass is 79.9. The van der Waals surface area contributed by atoms with E-state index >= 15 is 0 Å². The fourth-order valence-electron chi connectivity index (χ4n) is 1.41. The van der Waals surface area contributed by atoms with Gasteiger partial charge in [0.2, 0.25) is 0 Å². The summed E-state index contributed by atoms with van der Waals surface area (Å²) >= 11 is 3.19. The molecule has 0 fully saturated rings. The number of carbonyl (C=O) groups excluding carboxylic acids is 1. The van der Waals surface area contributed by atoms with E-state index in [-0.39, 0.29) is 5.69 Å². The molecule has 0 spiro atoms. The Balaban J connectivity index is 2.28. The molecule has 1 N–H and O–H groups in total. The molecular formula is C10H11BrN6O2. The fourth-order valence-corrected chi connectivity index (χ4v) is 1.78. The van der Waals surface area contributed by atoms with Crippen molar-refractivity contribution < 1.29 is 4.79 Å². The van der Waals surface area contributed by atoms with Crippen molar-refractivity contribution in [1.29, 1.82) is 0 Å². The van der Waals surface area contributed by atoms with E-state index < -0.39 is 11.6 Å². The van der Waals surface area contributed by atoms with Crippen molar-refractivity contribution in [3.8, 4) is 0 Å². The van der Waals surface area contributed by atoms with Crippen LogP contribution in [0, 0.1) is 6.92 Å². The molecule has 0 radical (unpaired) electrons. The maximum Gasteiger partial charge on any atom is 0.364 e. The van der Waals surface area contributed by atoms with Crippen LogP contribution >= 0.6 is 15.9 Å². The Labute approximate surface area is 116 Å². The Morgan fingerprint density at radius 3 is 2.89 bits per heavy atom. The van der Waals surface area contributed by atoms with Gasteiger partial charge < -0.3 is 0 Å². The predicted octanol–water partition coefficient (Wildman–Crippen LogP) is 0.310. The van der Waals surface area contributed by atoms with Gasteiger partial charge >= 0.3 is 5.69 Å². The first-order valence-electron chi connectivity index (χ1n) is 5.48. The van der Waals surface area contributed by atoms with Crippen LogP contribution in [0.5, 0.6) is 0 Å². The van der Waals surface area contributed by atoms with Crippen molar-refractivity contribution in [1.82, 2.24) is 24.4 Å². The standard InChI is InChI=1S/C10H11BrN6O2/c1-3-16-10(19)17(5-13-16)15-9(18)8-7(11)4-12-6(2)14-8/h4-5H,3H2,1-2H3,(H,15,18). The second-order valence-corrected chi connectivity index (χ2v) is 4.51. The second kappa shape index (κ2) is 5.31. The van der Waals surface area contributed by atoms with Gasteiger partial charge in [0.15, 0.2) is 0 Å². The average Bonchev–Trinajstić information content (AvgIpc) is 2.73. The highest BCUT2D eigenvalue weighted by molar-refractivity contribution is 9.10. The molecule has 19 heavy (non-hydrogen) atoms. The molecule has 0 bridgehead atoms. The molecule has 0 unspecified atom stereocenters. The number of halogens is 1. The lowest BCUT2D eigenvalue weighted by Gasteiger charge is -2.05. The SMILES string of the molecule is CCn1ncn(NC(=O)c2nc(C)ncc2Br)c1=O. The molecule has 0 saturated heterocycles. The maximum absolute atomic E-state index is 12.0. The van der Waals surface area contributed by atoms with Crippen LogP contribution in [0.3, 0.4) is 0 Å². The number of amides is 1. The summed E-state index contributed by atoms with van der Waals surface area (Å²) in [5.41, 5.74) is 2.15. The lowest BCUT2D eigenvalue weighted by Crippen LogP contribution is -2.34. The molecule has 8 nitrogen and oxygen atoms in total. The molecule has 0 aliphatic heterocycles. The van der Waals surface area contributed by atoms with E-state index in [1.54, 1.807) is 13.8 Å². The van der Waals surface area contributed by atoms with E-state index in [2.05, 4.69) is 36.4 Å². The summed E-state index contributed by atoms with van der Waals surface area (Å²) in [6.07, 6.45) is 2.72. The van der Waals surface area contributed by atoms with Crippen LogP contribution in [0.15, 0.2) is 21.8 Å². The molecule has 2 aromatic heterocycles. The molecule has 2 aromatic rings. The van der Waals surface area contributed by atoms with Gasteiger partial charge in [0.25, 0.3) is 5.91 Å². The van der Waals surface area contributed by atoms with Gasteiger partial charge in [-0.05, 0) is 29.8 Å². The van der Waals surface area contributed by atoms with Crippen molar-refractivity contribution in [2.75, 3.05) is 5.43 Å². The van der Waals surface area contributed by atoms with Crippen LogP contribution in [0.4, 0.5) is 0 Å². The van der Waals surface area contributed by atoms with Gasteiger partial charge in [-0.1, -0.05) is 0 Å². The largest absolute Gasteiger partial charge is 0.364 e. The summed E-state index contributed by atoms with van der Waals surface area (Å²) in [5, 5.41) is 3.83. The van der Waals surface area contributed by atoms with Crippen LogP contribution in [0.2, 0.25) is 0 Å². The minimum absolute atomic E-state index is 0.156. The normalized spacial score (nSPS) is 10.5. The van der Waals surface area contributed by atoms with Gasteiger partial charge in [0, 0.05) is 12.7 Å². The van der Waals surface area contributed by atoms with Crippen LogP contribution < -0.4 is 11.1 Å². The third kappa shape index (κ3) is 2.70. The smallest absolute Gasteiger partial charge is 0.266 e. The first-order valence-corrected chi connectivity index (χ1v) is 6.27. The number of nitrogens with one attached hydrogen (secondary N) is 1. The molecule has 0 aliphatic rings. The van der Waals surface area contributed by atoms with Crippen molar-refractivity contribution in [3.63, 3.8) is 0 Å². The molecule has 0 aliphatic carbocycles. The van der Waals surface area contributed by atoms with E-state index in [1.807, 2.05) is 0 Å². The molecular weight excluding hydrogens is 316 g/mol. The van der Waals surface area contributed by atoms with E-state index in [4.69, 9.17) is 0 Å². The summed E-state index contributed by atoms with van der Waals surface area (Å²) in [5.74, 6) is -0.0555. The molecule has 0 saturated carbocycles. The number of carbonyl (C=O) groups is 1. The molecule has 9 heteroatoms.